The van der Waals surface area contributed by atoms with E-state index in [2.05, 4.69) is 9.83 Å². The fourth-order valence-corrected chi connectivity index (χ4v) is 2.30. The summed E-state index contributed by atoms with van der Waals surface area (Å²) in [4.78, 5) is 7.51. The maximum Gasteiger partial charge on any atom is 0.324 e. The largest absolute Gasteiger partial charge is 0.490 e. The Labute approximate surface area is 123 Å². The number of fused-ring (bicyclic) bond motifs is 1. The molecule has 21 heavy (non-hydrogen) atoms. The monoisotopic (exact) mass is 280 g/mol. The minimum absolute atomic E-state index is 0.130. The maximum absolute atomic E-state index is 7.03. The lowest BCUT2D eigenvalue weighted by atomic mass is 9.64. The number of rotatable bonds is 3. The first-order valence-electron chi connectivity index (χ1n) is 6.56. The van der Waals surface area contributed by atoms with Crippen LogP contribution in [0.2, 0.25) is 6.82 Å². The molecular formula is C15H13BN2O3. The molecule has 2 heterocycles. The lowest BCUT2D eigenvalue weighted by Crippen LogP contribution is -2.23. The summed E-state index contributed by atoms with van der Waals surface area (Å²) < 4.78 is 16.4. The van der Waals surface area contributed by atoms with Crippen LogP contribution in [0.5, 0.6) is 17.5 Å². The standard InChI is InChI=1S/C15H13BN2O3/c1-16-12-5-4-11(8-10(12)9-20-16)21-14-7-6-13(17-2)15(18-14)19-3/h4-8H,9H2,1,3H3. The van der Waals surface area contributed by atoms with Gasteiger partial charge in [0.2, 0.25) is 17.4 Å². The van der Waals surface area contributed by atoms with Crippen LogP contribution in [0.15, 0.2) is 30.3 Å². The van der Waals surface area contributed by atoms with Crippen LogP contribution < -0.4 is 14.9 Å². The summed E-state index contributed by atoms with van der Waals surface area (Å²) in [6, 6.07) is 9.14. The van der Waals surface area contributed by atoms with Gasteiger partial charge in [0.25, 0.3) is 0 Å². The lowest BCUT2D eigenvalue weighted by molar-refractivity contribution is 0.333. The molecule has 104 valence electrons. The van der Waals surface area contributed by atoms with Crippen LogP contribution in [0.1, 0.15) is 5.56 Å². The molecule has 3 rings (SSSR count). The quantitative estimate of drug-likeness (QED) is 0.640. The summed E-state index contributed by atoms with van der Waals surface area (Å²) in [7, 11) is 1.48. The second-order valence-electron chi connectivity index (χ2n) is 4.71. The zero-order valence-corrected chi connectivity index (χ0v) is 11.8. The molecule has 2 aromatic rings. The Hall–Kier alpha value is -2.52. The highest BCUT2D eigenvalue weighted by molar-refractivity contribution is 6.67. The predicted molar refractivity (Wildman–Crippen MR) is 79.6 cm³/mol. The molecule has 0 fully saturated rings. The van der Waals surface area contributed by atoms with Crippen LogP contribution in [-0.2, 0) is 11.3 Å². The van der Waals surface area contributed by atoms with Crippen LogP contribution in [-0.4, -0.2) is 19.0 Å². The van der Waals surface area contributed by atoms with Crippen molar-refractivity contribution in [2.75, 3.05) is 7.11 Å². The lowest BCUT2D eigenvalue weighted by Gasteiger charge is -2.08. The molecule has 1 aromatic carbocycles. The van der Waals surface area contributed by atoms with Gasteiger partial charge in [-0.3, -0.25) is 0 Å². The molecule has 0 aliphatic carbocycles. The zero-order valence-electron chi connectivity index (χ0n) is 11.8. The molecule has 0 unspecified atom stereocenters. The van der Waals surface area contributed by atoms with Crippen molar-refractivity contribution in [3.05, 3.63) is 47.3 Å². The van der Waals surface area contributed by atoms with Crippen molar-refractivity contribution in [3.63, 3.8) is 0 Å². The van der Waals surface area contributed by atoms with Crippen molar-refractivity contribution >= 4 is 18.1 Å². The number of nitrogens with zero attached hydrogens (tertiary/aromatic N) is 2. The molecule has 0 N–H and O–H groups in total. The molecule has 0 saturated heterocycles. The van der Waals surface area contributed by atoms with Crippen LogP contribution in [0.25, 0.3) is 4.85 Å². The Bertz CT molecular complexity index is 727. The summed E-state index contributed by atoms with van der Waals surface area (Å²) in [5, 5.41) is 0. The Balaban J connectivity index is 1.86. The molecule has 0 atom stereocenters. The van der Waals surface area contributed by atoms with E-state index in [1.165, 1.54) is 12.6 Å². The van der Waals surface area contributed by atoms with Gasteiger partial charge in [0.1, 0.15) is 5.75 Å². The van der Waals surface area contributed by atoms with Crippen LogP contribution >= 0.6 is 0 Å². The van der Waals surface area contributed by atoms with E-state index in [1.807, 2.05) is 25.0 Å². The third kappa shape index (κ3) is 2.56. The van der Waals surface area contributed by atoms with Gasteiger partial charge < -0.3 is 14.1 Å². The van der Waals surface area contributed by atoms with Crippen molar-refractivity contribution in [1.29, 1.82) is 0 Å². The van der Waals surface area contributed by atoms with E-state index in [0.717, 1.165) is 5.56 Å². The predicted octanol–water partition coefficient (Wildman–Crippen LogP) is 2.79. The normalized spacial score (nSPS) is 12.7. The summed E-state index contributed by atoms with van der Waals surface area (Å²) in [5.41, 5.74) is 2.68. The van der Waals surface area contributed by atoms with E-state index in [1.54, 1.807) is 12.1 Å². The fraction of sp³-hybridized carbons (Fsp3) is 0.200. The number of pyridine rings is 1. The van der Waals surface area contributed by atoms with E-state index in [4.69, 9.17) is 20.7 Å². The van der Waals surface area contributed by atoms with Gasteiger partial charge >= 0.3 is 6.92 Å². The molecular weight excluding hydrogens is 267 g/mol. The Morgan fingerprint density at radius 1 is 1.33 bits per heavy atom. The van der Waals surface area contributed by atoms with Crippen molar-refractivity contribution < 1.29 is 14.1 Å². The molecule has 5 nitrogen and oxygen atoms in total. The molecule has 0 spiro atoms. The average molecular weight is 280 g/mol. The highest BCUT2D eigenvalue weighted by Gasteiger charge is 2.23. The van der Waals surface area contributed by atoms with Gasteiger partial charge in [-0.15, -0.1) is 0 Å². The van der Waals surface area contributed by atoms with Gasteiger partial charge in [-0.25, -0.2) is 4.85 Å². The average Bonchev–Trinajstić information content (AvgIpc) is 2.88. The van der Waals surface area contributed by atoms with Gasteiger partial charge in [0.15, 0.2) is 0 Å². The number of benzene rings is 1. The van der Waals surface area contributed by atoms with Crippen LogP contribution in [0.4, 0.5) is 5.69 Å². The topological polar surface area (TPSA) is 44.9 Å². The van der Waals surface area contributed by atoms with Gasteiger partial charge in [-0.2, -0.15) is 4.98 Å². The molecule has 0 bridgehead atoms. The van der Waals surface area contributed by atoms with Crippen molar-refractivity contribution in [2.45, 2.75) is 13.4 Å². The van der Waals surface area contributed by atoms with E-state index in [0.29, 0.717) is 23.9 Å². The van der Waals surface area contributed by atoms with Crippen molar-refractivity contribution in [2.24, 2.45) is 0 Å². The summed E-state index contributed by atoms with van der Waals surface area (Å²) >= 11 is 0. The Morgan fingerprint density at radius 2 is 2.19 bits per heavy atom. The van der Waals surface area contributed by atoms with E-state index >= 15 is 0 Å². The highest BCUT2D eigenvalue weighted by Crippen LogP contribution is 2.30. The Morgan fingerprint density at radius 3 is 2.95 bits per heavy atom. The number of hydrogen-bond acceptors (Lipinski definition) is 4. The van der Waals surface area contributed by atoms with Crippen molar-refractivity contribution in [1.82, 2.24) is 4.98 Å². The minimum atomic E-state index is 0.130. The van der Waals surface area contributed by atoms with E-state index < -0.39 is 0 Å². The summed E-state index contributed by atoms with van der Waals surface area (Å²) in [6.07, 6.45) is 0. The fourth-order valence-electron chi connectivity index (χ4n) is 2.30. The second-order valence-corrected chi connectivity index (χ2v) is 4.71. The first kappa shape index (κ1) is 13.5. The molecule has 1 aliphatic rings. The van der Waals surface area contributed by atoms with Crippen molar-refractivity contribution in [3.8, 4) is 17.5 Å². The van der Waals surface area contributed by atoms with E-state index in [9.17, 15) is 0 Å². The van der Waals surface area contributed by atoms with Gasteiger partial charge in [0.05, 0.1) is 20.3 Å². The zero-order chi connectivity index (χ0) is 14.8. The van der Waals surface area contributed by atoms with E-state index in [-0.39, 0.29) is 12.8 Å². The second kappa shape index (κ2) is 5.47. The maximum atomic E-state index is 7.03. The molecule has 0 saturated carbocycles. The number of ether oxygens (including phenoxy) is 2. The Kier molecular flexibility index (Phi) is 3.51. The summed E-state index contributed by atoms with van der Waals surface area (Å²) in [6.45, 7) is 9.79. The number of methoxy groups -OCH3 is 1. The third-order valence-electron chi connectivity index (χ3n) is 3.39. The first-order chi connectivity index (χ1) is 10.2. The highest BCUT2D eigenvalue weighted by atomic mass is 16.5. The summed E-state index contributed by atoms with van der Waals surface area (Å²) in [5.74, 6) is 1.35. The SMILES string of the molecule is [C-]#[N+]c1ccc(Oc2ccc3c(c2)COB3C)nc1OC. The number of hydrogen-bond donors (Lipinski definition) is 0. The number of aromatic nitrogens is 1. The van der Waals surface area contributed by atoms with Crippen LogP contribution in [0, 0.1) is 6.57 Å². The molecule has 0 radical (unpaired) electrons. The third-order valence-corrected chi connectivity index (χ3v) is 3.39. The smallest absolute Gasteiger partial charge is 0.324 e. The molecule has 0 amide bonds. The minimum Gasteiger partial charge on any atom is -0.490 e. The van der Waals surface area contributed by atoms with Gasteiger partial charge in [-0.05, 0) is 35.3 Å². The van der Waals surface area contributed by atoms with Gasteiger partial charge in [-0.1, -0.05) is 12.9 Å². The van der Waals surface area contributed by atoms with Gasteiger partial charge in [0, 0.05) is 0 Å². The first-order valence-corrected chi connectivity index (χ1v) is 6.56. The van der Waals surface area contributed by atoms with Crippen LogP contribution in [0.3, 0.4) is 0 Å². The molecule has 1 aliphatic heterocycles. The molecule has 6 heteroatoms. The molecule has 1 aromatic heterocycles.